The molecule has 0 aliphatic heterocycles. The van der Waals surface area contributed by atoms with E-state index in [0.29, 0.717) is 18.7 Å². The van der Waals surface area contributed by atoms with E-state index < -0.39 is 11.7 Å². The molecule has 0 atom stereocenters. The molecule has 1 amide bonds. The van der Waals surface area contributed by atoms with Crippen molar-refractivity contribution in [3.63, 3.8) is 0 Å². The molecule has 0 heterocycles. The van der Waals surface area contributed by atoms with E-state index in [-0.39, 0.29) is 0 Å². The van der Waals surface area contributed by atoms with Crippen LogP contribution in [-0.4, -0.2) is 18.8 Å². The Morgan fingerprint density at radius 3 is 2.27 bits per heavy atom. The standard InChI is InChI=1S/C18H19NO3/c1-13-7-9-14(10-8-13)17(20)18(21)19-11-15-5-3-4-6-16(15)12-22-2/h3-10H,11-12H2,1-2H3,(H,19,21). The van der Waals surface area contributed by atoms with Gasteiger partial charge >= 0.3 is 0 Å². The fourth-order valence-electron chi connectivity index (χ4n) is 2.12. The molecule has 2 aromatic rings. The lowest BCUT2D eigenvalue weighted by Crippen LogP contribution is -2.30. The van der Waals surface area contributed by atoms with Crippen molar-refractivity contribution in [1.82, 2.24) is 5.32 Å². The minimum atomic E-state index is -0.601. The molecule has 0 spiro atoms. The number of nitrogens with one attached hydrogen (secondary N) is 1. The smallest absolute Gasteiger partial charge is 0.292 e. The Bertz CT molecular complexity index is 662. The topological polar surface area (TPSA) is 55.4 Å². The number of hydrogen-bond donors (Lipinski definition) is 1. The van der Waals surface area contributed by atoms with E-state index in [9.17, 15) is 9.59 Å². The lowest BCUT2D eigenvalue weighted by molar-refractivity contribution is -0.117. The van der Waals surface area contributed by atoms with Crippen LogP contribution in [0.4, 0.5) is 0 Å². The molecule has 114 valence electrons. The highest BCUT2D eigenvalue weighted by Gasteiger charge is 2.15. The number of Topliss-reactive ketones (excluding diaryl/α,β-unsaturated/α-hetero) is 1. The van der Waals surface area contributed by atoms with Gasteiger partial charge in [0.05, 0.1) is 6.61 Å². The second kappa shape index (κ2) is 7.52. The SMILES string of the molecule is COCc1ccccc1CNC(=O)C(=O)c1ccc(C)cc1. The highest BCUT2D eigenvalue weighted by atomic mass is 16.5. The van der Waals surface area contributed by atoms with E-state index in [4.69, 9.17) is 4.74 Å². The van der Waals surface area contributed by atoms with Gasteiger partial charge in [-0.1, -0.05) is 54.1 Å². The van der Waals surface area contributed by atoms with E-state index in [2.05, 4.69) is 5.32 Å². The summed E-state index contributed by atoms with van der Waals surface area (Å²) in [6.07, 6.45) is 0. The van der Waals surface area contributed by atoms with Crippen molar-refractivity contribution in [2.24, 2.45) is 0 Å². The number of hydrogen-bond acceptors (Lipinski definition) is 3. The summed E-state index contributed by atoms with van der Waals surface area (Å²) in [4.78, 5) is 24.0. The van der Waals surface area contributed by atoms with Crippen LogP contribution >= 0.6 is 0 Å². The highest BCUT2D eigenvalue weighted by molar-refractivity contribution is 6.42. The van der Waals surface area contributed by atoms with E-state index >= 15 is 0 Å². The zero-order chi connectivity index (χ0) is 15.9. The van der Waals surface area contributed by atoms with Crippen LogP contribution < -0.4 is 5.32 Å². The average molecular weight is 297 g/mol. The second-order valence-corrected chi connectivity index (χ2v) is 5.08. The third kappa shape index (κ3) is 4.02. The largest absolute Gasteiger partial charge is 0.380 e. The molecule has 0 radical (unpaired) electrons. The predicted molar refractivity (Wildman–Crippen MR) is 84.5 cm³/mol. The molecule has 4 heteroatoms. The molecule has 0 aromatic heterocycles. The van der Waals surface area contributed by atoms with Crippen LogP contribution in [0.1, 0.15) is 27.0 Å². The lowest BCUT2D eigenvalue weighted by Gasteiger charge is -2.09. The maximum Gasteiger partial charge on any atom is 0.292 e. The van der Waals surface area contributed by atoms with Crippen molar-refractivity contribution in [2.45, 2.75) is 20.1 Å². The molecule has 0 saturated heterocycles. The van der Waals surface area contributed by atoms with E-state index in [1.807, 2.05) is 43.3 Å². The van der Waals surface area contributed by atoms with Crippen molar-refractivity contribution in [3.8, 4) is 0 Å². The molecule has 2 rings (SSSR count). The van der Waals surface area contributed by atoms with Gasteiger partial charge in [0.15, 0.2) is 0 Å². The molecule has 4 nitrogen and oxygen atoms in total. The van der Waals surface area contributed by atoms with Crippen LogP contribution in [0.2, 0.25) is 0 Å². The molecule has 22 heavy (non-hydrogen) atoms. The number of carbonyl (C=O) groups excluding carboxylic acids is 2. The van der Waals surface area contributed by atoms with Gasteiger partial charge in [0, 0.05) is 19.2 Å². The first-order chi connectivity index (χ1) is 10.6. The monoisotopic (exact) mass is 297 g/mol. The number of amides is 1. The van der Waals surface area contributed by atoms with Gasteiger partial charge in [0.2, 0.25) is 5.78 Å². The Morgan fingerprint density at radius 1 is 1.00 bits per heavy atom. The maximum absolute atomic E-state index is 12.1. The molecular formula is C18H19NO3. The summed E-state index contributed by atoms with van der Waals surface area (Å²) in [5, 5.41) is 2.67. The Morgan fingerprint density at radius 2 is 1.64 bits per heavy atom. The predicted octanol–water partition coefficient (Wildman–Crippen LogP) is 2.64. The van der Waals surface area contributed by atoms with E-state index in [1.54, 1.807) is 19.2 Å². The summed E-state index contributed by atoms with van der Waals surface area (Å²) in [6.45, 7) is 2.70. The molecular weight excluding hydrogens is 278 g/mol. The highest BCUT2D eigenvalue weighted by Crippen LogP contribution is 2.10. The molecule has 2 aromatic carbocycles. The number of ether oxygens (including phenoxy) is 1. The van der Waals surface area contributed by atoms with Gasteiger partial charge in [-0.15, -0.1) is 0 Å². The van der Waals surface area contributed by atoms with Crippen LogP contribution in [-0.2, 0) is 22.7 Å². The fourth-order valence-corrected chi connectivity index (χ4v) is 2.12. The minimum absolute atomic E-state index is 0.302. The van der Waals surface area contributed by atoms with Crippen LogP contribution in [0.15, 0.2) is 48.5 Å². The first-order valence-electron chi connectivity index (χ1n) is 7.06. The number of carbonyl (C=O) groups is 2. The summed E-state index contributed by atoms with van der Waals surface area (Å²) in [5.41, 5.74) is 3.38. The average Bonchev–Trinajstić information content (AvgIpc) is 2.54. The van der Waals surface area contributed by atoms with Gasteiger partial charge in [0.1, 0.15) is 0 Å². The zero-order valence-electron chi connectivity index (χ0n) is 12.8. The Labute approximate surface area is 130 Å². The number of ketones is 1. The quantitative estimate of drug-likeness (QED) is 0.659. The minimum Gasteiger partial charge on any atom is -0.380 e. The number of methoxy groups -OCH3 is 1. The lowest BCUT2D eigenvalue weighted by atomic mass is 10.1. The van der Waals surface area contributed by atoms with Crippen molar-refractivity contribution >= 4 is 11.7 Å². The first-order valence-corrected chi connectivity index (χ1v) is 7.06. The Kier molecular flexibility index (Phi) is 5.44. The molecule has 0 saturated carbocycles. The van der Waals surface area contributed by atoms with Crippen LogP contribution in [0.5, 0.6) is 0 Å². The van der Waals surface area contributed by atoms with Gasteiger partial charge in [-0.05, 0) is 18.1 Å². The molecule has 0 fully saturated rings. The number of aryl methyl sites for hydroxylation is 1. The Balaban J connectivity index is 2.01. The second-order valence-electron chi connectivity index (χ2n) is 5.08. The third-order valence-electron chi connectivity index (χ3n) is 3.38. The van der Waals surface area contributed by atoms with Gasteiger partial charge < -0.3 is 10.1 Å². The van der Waals surface area contributed by atoms with Crippen molar-refractivity contribution < 1.29 is 14.3 Å². The molecule has 0 unspecified atom stereocenters. The summed E-state index contributed by atoms with van der Waals surface area (Å²) >= 11 is 0. The summed E-state index contributed by atoms with van der Waals surface area (Å²) in [5.74, 6) is -1.12. The summed E-state index contributed by atoms with van der Waals surface area (Å²) < 4.78 is 5.12. The first kappa shape index (κ1) is 15.9. The summed E-state index contributed by atoms with van der Waals surface area (Å²) in [7, 11) is 1.62. The fraction of sp³-hybridized carbons (Fsp3) is 0.222. The van der Waals surface area contributed by atoms with Gasteiger partial charge in [-0.2, -0.15) is 0 Å². The van der Waals surface area contributed by atoms with Crippen LogP contribution in [0.3, 0.4) is 0 Å². The number of benzene rings is 2. The normalized spacial score (nSPS) is 10.3. The molecule has 0 aliphatic rings. The van der Waals surface area contributed by atoms with E-state index in [0.717, 1.165) is 16.7 Å². The Hall–Kier alpha value is -2.46. The maximum atomic E-state index is 12.1. The van der Waals surface area contributed by atoms with Crippen molar-refractivity contribution in [1.29, 1.82) is 0 Å². The summed E-state index contributed by atoms with van der Waals surface area (Å²) in [6, 6.07) is 14.6. The van der Waals surface area contributed by atoms with E-state index in [1.165, 1.54) is 0 Å². The molecule has 1 N–H and O–H groups in total. The van der Waals surface area contributed by atoms with Crippen LogP contribution in [0, 0.1) is 6.92 Å². The molecule has 0 bridgehead atoms. The van der Waals surface area contributed by atoms with Gasteiger partial charge in [0.25, 0.3) is 5.91 Å². The third-order valence-corrected chi connectivity index (χ3v) is 3.38. The number of rotatable bonds is 6. The molecule has 0 aliphatic carbocycles. The van der Waals surface area contributed by atoms with Crippen molar-refractivity contribution in [3.05, 3.63) is 70.8 Å². The zero-order valence-corrected chi connectivity index (χ0v) is 12.8. The van der Waals surface area contributed by atoms with Crippen LogP contribution in [0.25, 0.3) is 0 Å². The van der Waals surface area contributed by atoms with Gasteiger partial charge in [-0.25, -0.2) is 0 Å². The van der Waals surface area contributed by atoms with Gasteiger partial charge in [-0.3, -0.25) is 9.59 Å². The van der Waals surface area contributed by atoms with Crippen molar-refractivity contribution in [2.75, 3.05) is 7.11 Å².